The quantitative estimate of drug-likeness (QED) is 0.674. The molecule has 0 saturated heterocycles. The lowest BCUT2D eigenvalue weighted by atomic mass is 10.2. The number of carbonyl (C=O) groups is 1. The van der Waals surface area contributed by atoms with Crippen LogP contribution in [0.25, 0.3) is 0 Å². The Morgan fingerprint density at radius 3 is 2.27 bits per heavy atom. The average Bonchev–Trinajstić information content (AvgIpc) is 2.26. The number of likely N-dealkylation sites (N-methyl/N-ethyl adjacent to an activating group) is 2. The minimum Gasteiger partial charge on any atom is -0.342 e. The highest BCUT2D eigenvalue weighted by Gasteiger charge is 2.21. The maximum atomic E-state index is 12.0. The summed E-state index contributed by atoms with van der Waals surface area (Å²) in [5.74, 6) is 0.208. The molecule has 0 bridgehead atoms. The van der Waals surface area contributed by atoms with Gasteiger partial charge in [-0.15, -0.1) is 0 Å². The molecular weight excluding hydrogens is 190 g/mol. The highest BCUT2D eigenvalue weighted by Crippen LogP contribution is 2.02. The first-order valence-electron chi connectivity index (χ1n) is 5.77. The molecule has 0 spiro atoms. The van der Waals surface area contributed by atoms with Crippen molar-refractivity contribution in [2.75, 3.05) is 33.2 Å². The van der Waals surface area contributed by atoms with Gasteiger partial charge in [-0.1, -0.05) is 0 Å². The van der Waals surface area contributed by atoms with Crippen LogP contribution >= 0.6 is 0 Å². The van der Waals surface area contributed by atoms with Crippen molar-refractivity contribution in [2.45, 2.75) is 33.2 Å². The van der Waals surface area contributed by atoms with Gasteiger partial charge in [-0.3, -0.25) is 9.69 Å². The van der Waals surface area contributed by atoms with Gasteiger partial charge in [-0.2, -0.15) is 0 Å². The third-order valence-electron chi connectivity index (χ3n) is 2.81. The summed E-state index contributed by atoms with van der Waals surface area (Å²) in [6, 6.07) is -0.0450. The van der Waals surface area contributed by atoms with Crippen molar-refractivity contribution in [3.05, 3.63) is 0 Å². The first kappa shape index (κ1) is 14.4. The van der Waals surface area contributed by atoms with Crippen molar-refractivity contribution >= 4 is 5.91 Å². The fourth-order valence-electron chi connectivity index (χ4n) is 1.52. The fourth-order valence-corrected chi connectivity index (χ4v) is 1.52. The van der Waals surface area contributed by atoms with Crippen molar-refractivity contribution in [1.29, 1.82) is 0 Å². The number of hydrogen-bond donors (Lipinski definition) is 1. The molecule has 0 aliphatic carbocycles. The van der Waals surface area contributed by atoms with E-state index < -0.39 is 0 Å². The summed E-state index contributed by atoms with van der Waals surface area (Å²) in [6.07, 6.45) is 0.937. The first-order valence-corrected chi connectivity index (χ1v) is 5.77. The zero-order chi connectivity index (χ0) is 11.8. The monoisotopic (exact) mass is 215 g/mol. The molecule has 4 nitrogen and oxygen atoms in total. The van der Waals surface area contributed by atoms with E-state index in [1.807, 2.05) is 32.7 Å². The van der Waals surface area contributed by atoms with Crippen molar-refractivity contribution < 1.29 is 4.79 Å². The molecule has 0 fully saturated rings. The molecule has 1 unspecified atom stereocenters. The summed E-state index contributed by atoms with van der Waals surface area (Å²) in [5, 5.41) is 0. The first-order chi connectivity index (χ1) is 7.08. The Morgan fingerprint density at radius 1 is 1.33 bits per heavy atom. The lowest BCUT2D eigenvalue weighted by molar-refractivity contribution is -0.135. The van der Waals surface area contributed by atoms with Gasteiger partial charge in [0.05, 0.1) is 6.04 Å². The predicted molar refractivity (Wildman–Crippen MR) is 63.7 cm³/mol. The highest BCUT2D eigenvalue weighted by atomic mass is 16.2. The molecule has 0 aromatic rings. The molecule has 0 aliphatic rings. The number of rotatable bonds is 7. The molecule has 1 amide bonds. The molecule has 2 N–H and O–H groups in total. The molecule has 0 heterocycles. The Morgan fingerprint density at radius 2 is 1.87 bits per heavy atom. The second kappa shape index (κ2) is 7.65. The third-order valence-corrected chi connectivity index (χ3v) is 2.81. The molecule has 15 heavy (non-hydrogen) atoms. The summed E-state index contributed by atoms with van der Waals surface area (Å²) >= 11 is 0. The lowest BCUT2D eigenvalue weighted by Crippen LogP contribution is -2.46. The minimum absolute atomic E-state index is 0.0450. The van der Waals surface area contributed by atoms with E-state index in [-0.39, 0.29) is 11.9 Å². The van der Waals surface area contributed by atoms with Crippen LogP contribution < -0.4 is 5.73 Å². The van der Waals surface area contributed by atoms with Gasteiger partial charge in [-0.05, 0) is 47.3 Å². The fraction of sp³-hybridized carbons (Fsp3) is 0.909. The Bertz CT molecular complexity index is 181. The number of hydrogen-bond acceptors (Lipinski definition) is 3. The van der Waals surface area contributed by atoms with Crippen LogP contribution in [0, 0.1) is 0 Å². The Kier molecular flexibility index (Phi) is 7.34. The van der Waals surface area contributed by atoms with Gasteiger partial charge in [0, 0.05) is 13.1 Å². The third kappa shape index (κ3) is 4.62. The predicted octanol–water partition coefficient (Wildman–Crippen LogP) is 0.524. The van der Waals surface area contributed by atoms with Gasteiger partial charge >= 0.3 is 0 Å². The molecule has 0 saturated carbocycles. The molecular formula is C11H25N3O. The van der Waals surface area contributed by atoms with E-state index in [1.165, 1.54) is 0 Å². The van der Waals surface area contributed by atoms with Crippen molar-refractivity contribution in [1.82, 2.24) is 9.80 Å². The Labute approximate surface area is 93.4 Å². The van der Waals surface area contributed by atoms with Gasteiger partial charge in [0.2, 0.25) is 5.91 Å². The number of nitrogens with zero attached hydrogens (tertiary/aromatic N) is 2. The van der Waals surface area contributed by atoms with Crippen LogP contribution in [0.4, 0.5) is 0 Å². The van der Waals surface area contributed by atoms with E-state index in [4.69, 9.17) is 5.73 Å². The van der Waals surface area contributed by atoms with Gasteiger partial charge in [0.15, 0.2) is 0 Å². The van der Waals surface area contributed by atoms with E-state index in [2.05, 4.69) is 4.90 Å². The van der Waals surface area contributed by atoms with E-state index in [1.54, 1.807) is 0 Å². The van der Waals surface area contributed by atoms with Crippen molar-refractivity contribution in [3.63, 3.8) is 0 Å². The van der Waals surface area contributed by atoms with E-state index in [0.717, 1.165) is 26.1 Å². The molecule has 0 rings (SSSR count). The summed E-state index contributed by atoms with van der Waals surface area (Å²) in [4.78, 5) is 15.9. The van der Waals surface area contributed by atoms with Crippen LogP contribution in [0.1, 0.15) is 27.2 Å². The zero-order valence-electron chi connectivity index (χ0n) is 10.5. The van der Waals surface area contributed by atoms with Crippen LogP contribution in [0.5, 0.6) is 0 Å². The van der Waals surface area contributed by atoms with E-state index >= 15 is 0 Å². The van der Waals surface area contributed by atoms with Crippen molar-refractivity contribution in [2.24, 2.45) is 5.73 Å². The second-order valence-corrected chi connectivity index (χ2v) is 3.81. The van der Waals surface area contributed by atoms with Crippen LogP contribution in [0.15, 0.2) is 0 Å². The maximum Gasteiger partial charge on any atom is 0.239 e. The molecule has 0 aliphatic heterocycles. The highest BCUT2D eigenvalue weighted by molar-refractivity contribution is 5.81. The van der Waals surface area contributed by atoms with Gasteiger partial charge in [0.1, 0.15) is 0 Å². The average molecular weight is 215 g/mol. The largest absolute Gasteiger partial charge is 0.342 e. The summed E-state index contributed by atoms with van der Waals surface area (Å²) in [5.41, 5.74) is 5.44. The topological polar surface area (TPSA) is 49.6 Å². The normalized spacial score (nSPS) is 12.9. The van der Waals surface area contributed by atoms with Crippen LogP contribution in [0.2, 0.25) is 0 Å². The SMILES string of the molecule is CCN(CC)C(=O)C(C)N(C)CCCN. The minimum atomic E-state index is -0.0450. The zero-order valence-corrected chi connectivity index (χ0v) is 10.5. The van der Waals surface area contributed by atoms with Crippen LogP contribution in [0.3, 0.4) is 0 Å². The Hall–Kier alpha value is -0.610. The van der Waals surface area contributed by atoms with Gasteiger partial charge in [-0.25, -0.2) is 0 Å². The lowest BCUT2D eigenvalue weighted by Gasteiger charge is -2.29. The molecule has 0 radical (unpaired) electrons. The van der Waals surface area contributed by atoms with E-state index in [0.29, 0.717) is 6.54 Å². The summed E-state index contributed by atoms with van der Waals surface area (Å²) in [6.45, 7) is 9.09. The second-order valence-electron chi connectivity index (χ2n) is 3.81. The van der Waals surface area contributed by atoms with E-state index in [9.17, 15) is 4.79 Å². The molecule has 90 valence electrons. The van der Waals surface area contributed by atoms with Gasteiger partial charge < -0.3 is 10.6 Å². The molecule has 1 atom stereocenters. The number of amides is 1. The number of carbonyl (C=O) groups excluding carboxylic acids is 1. The molecule has 0 aromatic heterocycles. The standard InChI is InChI=1S/C11H25N3O/c1-5-14(6-2)11(15)10(3)13(4)9-7-8-12/h10H,5-9,12H2,1-4H3. The maximum absolute atomic E-state index is 12.0. The molecule has 4 heteroatoms. The van der Waals surface area contributed by atoms with Crippen molar-refractivity contribution in [3.8, 4) is 0 Å². The summed E-state index contributed by atoms with van der Waals surface area (Å²) < 4.78 is 0. The number of nitrogens with two attached hydrogens (primary N) is 1. The van der Waals surface area contributed by atoms with Crippen LogP contribution in [-0.4, -0.2) is 55.0 Å². The van der Waals surface area contributed by atoms with Crippen LogP contribution in [-0.2, 0) is 4.79 Å². The van der Waals surface area contributed by atoms with Gasteiger partial charge in [0.25, 0.3) is 0 Å². The molecule has 0 aromatic carbocycles. The smallest absolute Gasteiger partial charge is 0.239 e. The summed E-state index contributed by atoms with van der Waals surface area (Å²) in [7, 11) is 1.97. The Balaban J connectivity index is 4.16.